The molecular weight excluding hydrogens is 238 g/mol. The van der Waals surface area contributed by atoms with Crippen LogP contribution in [-0.4, -0.2) is 41.5 Å². The van der Waals surface area contributed by atoms with Gasteiger partial charge >= 0.3 is 6.03 Å². The van der Waals surface area contributed by atoms with Crippen LogP contribution in [0.5, 0.6) is 0 Å². The van der Waals surface area contributed by atoms with Gasteiger partial charge in [0.2, 0.25) is 0 Å². The van der Waals surface area contributed by atoms with E-state index in [2.05, 4.69) is 19.1 Å². The average Bonchev–Trinajstić information content (AvgIpc) is 2.56. The molecule has 0 bridgehead atoms. The standard InChI is InChI=1S/C15H23N3O/c1-11-7-5-6-8-12(11)13-9-18(10-15(2,3)16)14(19)17(13)4/h5-8,13H,9-10,16H2,1-4H3. The van der Waals surface area contributed by atoms with E-state index in [9.17, 15) is 4.79 Å². The van der Waals surface area contributed by atoms with Crippen molar-refractivity contribution in [3.8, 4) is 0 Å². The molecule has 1 heterocycles. The Morgan fingerprint density at radius 1 is 1.37 bits per heavy atom. The lowest BCUT2D eigenvalue weighted by molar-refractivity contribution is 0.188. The first-order chi connectivity index (χ1) is 8.79. The molecule has 0 aromatic heterocycles. The van der Waals surface area contributed by atoms with Crippen molar-refractivity contribution in [3.05, 3.63) is 35.4 Å². The summed E-state index contributed by atoms with van der Waals surface area (Å²) in [6.07, 6.45) is 0. The second-order valence-electron chi connectivity index (χ2n) is 6.13. The van der Waals surface area contributed by atoms with Crippen molar-refractivity contribution >= 4 is 6.03 Å². The maximum Gasteiger partial charge on any atom is 0.320 e. The number of carbonyl (C=O) groups is 1. The summed E-state index contributed by atoms with van der Waals surface area (Å²) < 4.78 is 0. The number of aryl methyl sites for hydroxylation is 1. The maximum atomic E-state index is 12.3. The van der Waals surface area contributed by atoms with Gasteiger partial charge in [-0.05, 0) is 31.9 Å². The van der Waals surface area contributed by atoms with E-state index >= 15 is 0 Å². The number of urea groups is 1. The van der Waals surface area contributed by atoms with Crippen molar-refractivity contribution in [1.29, 1.82) is 0 Å². The van der Waals surface area contributed by atoms with Gasteiger partial charge in [-0.2, -0.15) is 0 Å². The highest BCUT2D eigenvalue weighted by Gasteiger charge is 2.37. The third-order valence-electron chi connectivity index (χ3n) is 3.58. The quantitative estimate of drug-likeness (QED) is 0.906. The molecule has 1 fully saturated rings. The van der Waals surface area contributed by atoms with E-state index in [1.54, 1.807) is 0 Å². The van der Waals surface area contributed by atoms with Crippen molar-refractivity contribution in [2.24, 2.45) is 5.73 Å². The molecule has 2 N–H and O–H groups in total. The zero-order valence-corrected chi connectivity index (χ0v) is 12.2. The van der Waals surface area contributed by atoms with E-state index in [1.165, 1.54) is 11.1 Å². The lowest BCUT2D eigenvalue weighted by Gasteiger charge is -2.25. The molecule has 1 unspecified atom stereocenters. The fourth-order valence-electron chi connectivity index (χ4n) is 2.66. The smallest absolute Gasteiger partial charge is 0.320 e. The topological polar surface area (TPSA) is 49.6 Å². The normalized spacial score (nSPS) is 20.3. The SMILES string of the molecule is Cc1ccccc1C1CN(CC(C)(C)N)C(=O)N1C. The highest BCUT2D eigenvalue weighted by atomic mass is 16.2. The summed E-state index contributed by atoms with van der Waals surface area (Å²) in [6, 6.07) is 8.42. The number of nitrogens with zero attached hydrogens (tertiary/aromatic N) is 2. The number of nitrogens with two attached hydrogens (primary N) is 1. The van der Waals surface area contributed by atoms with Crippen LogP contribution in [-0.2, 0) is 0 Å². The number of hydrogen-bond acceptors (Lipinski definition) is 2. The van der Waals surface area contributed by atoms with E-state index < -0.39 is 0 Å². The summed E-state index contributed by atoms with van der Waals surface area (Å²) in [5, 5.41) is 0. The first kappa shape index (κ1) is 13.9. The molecule has 0 saturated carbocycles. The summed E-state index contributed by atoms with van der Waals surface area (Å²) in [4.78, 5) is 15.9. The van der Waals surface area contributed by atoms with Crippen LogP contribution < -0.4 is 5.73 Å². The maximum absolute atomic E-state index is 12.3. The molecule has 0 radical (unpaired) electrons. The third kappa shape index (κ3) is 2.89. The van der Waals surface area contributed by atoms with Crippen LogP contribution in [0.15, 0.2) is 24.3 Å². The van der Waals surface area contributed by atoms with Crippen molar-refractivity contribution in [3.63, 3.8) is 0 Å². The van der Waals surface area contributed by atoms with Crippen LogP contribution in [0, 0.1) is 6.92 Å². The Labute approximate surface area is 115 Å². The summed E-state index contributed by atoms with van der Waals surface area (Å²) in [5.41, 5.74) is 8.10. The molecular formula is C15H23N3O. The summed E-state index contributed by atoms with van der Waals surface area (Å²) in [5.74, 6) is 0. The Balaban J connectivity index is 2.22. The number of likely N-dealkylation sites (N-methyl/N-ethyl adjacent to an activating group) is 1. The molecule has 0 aliphatic carbocycles. The highest BCUT2D eigenvalue weighted by Crippen LogP contribution is 2.30. The minimum absolute atomic E-state index is 0.0618. The predicted molar refractivity (Wildman–Crippen MR) is 76.9 cm³/mol. The lowest BCUT2D eigenvalue weighted by Crippen LogP contribution is -2.46. The molecule has 1 aliphatic rings. The molecule has 2 rings (SSSR count). The van der Waals surface area contributed by atoms with E-state index in [0.29, 0.717) is 13.1 Å². The molecule has 1 atom stereocenters. The van der Waals surface area contributed by atoms with Crippen LogP contribution in [0.2, 0.25) is 0 Å². The number of carbonyl (C=O) groups excluding carboxylic acids is 1. The zero-order chi connectivity index (χ0) is 14.2. The molecule has 4 heteroatoms. The number of benzene rings is 1. The fourth-order valence-corrected chi connectivity index (χ4v) is 2.66. The second-order valence-corrected chi connectivity index (χ2v) is 6.13. The predicted octanol–water partition coefficient (Wildman–Crippen LogP) is 2.14. The Morgan fingerprint density at radius 3 is 2.58 bits per heavy atom. The Kier molecular flexibility index (Phi) is 3.54. The highest BCUT2D eigenvalue weighted by molar-refractivity contribution is 5.77. The Morgan fingerprint density at radius 2 is 2.00 bits per heavy atom. The Hall–Kier alpha value is -1.55. The minimum Gasteiger partial charge on any atom is -0.324 e. The minimum atomic E-state index is -0.364. The van der Waals surface area contributed by atoms with Crippen molar-refractivity contribution < 1.29 is 4.79 Å². The van der Waals surface area contributed by atoms with Gasteiger partial charge in [0, 0.05) is 25.7 Å². The van der Waals surface area contributed by atoms with Crippen molar-refractivity contribution in [2.75, 3.05) is 20.1 Å². The summed E-state index contributed by atoms with van der Waals surface area (Å²) in [7, 11) is 1.86. The van der Waals surface area contributed by atoms with Gasteiger partial charge in [0.05, 0.1) is 6.04 Å². The molecule has 1 aromatic carbocycles. The fraction of sp³-hybridized carbons (Fsp3) is 0.533. The summed E-state index contributed by atoms with van der Waals surface area (Å²) >= 11 is 0. The van der Waals surface area contributed by atoms with E-state index in [4.69, 9.17) is 5.73 Å². The van der Waals surface area contributed by atoms with E-state index in [0.717, 1.165) is 0 Å². The second kappa shape index (κ2) is 4.85. The number of rotatable bonds is 3. The monoisotopic (exact) mass is 261 g/mol. The van der Waals surface area contributed by atoms with Crippen LogP contribution >= 0.6 is 0 Å². The third-order valence-corrected chi connectivity index (χ3v) is 3.58. The molecule has 0 spiro atoms. The number of hydrogen-bond donors (Lipinski definition) is 1. The molecule has 1 aromatic rings. The lowest BCUT2D eigenvalue weighted by atomic mass is 10.0. The largest absolute Gasteiger partial charge is 0.324 e. The van der Waals surface area contributed by atoms with Gasteiger partial charge in [-0.15, -0.1) is 0 Å². The van der Waals surface area contributed by atoms with Gasteiger partial charge in [0.25, 0.3) is 0 Å². The van der Waals surface area contributed by atoms with Crippen molar-refractivity contribution in [1.82, 2.24) is 9.80 Å². The van der Waals surface area contributed by atoms with Gasteiger partial charge in [-0.1, -0.05) is 24.3 Å². The van der Waals surface area contributed by atoms with Gasteiger partial charge < -0.3 is 15.5 Å². The van der Waals surface area contributed by atoms with Gasteiger partial charge in [0.15, 0.2) is 0 Å². The first-order valence-electron chi connectivity index (χ1n) is 6.66. The van der Waals surface area contributed by atoms with Gasteiger partial charge in [-0.3, -0.25) is 0 Å². The molecule has 19 heavy (non-hydrogen) atoms. The molecule has 4 nitrogen and oxygen atoms in total. The van der Waals surface area contributed by atoms with Crippen LogP contribution in [0.25, 0.3) is 0 Å². The van der Waals surface area contributed by atoms with Crippen LogP contribution in [0.3, 0.4) is 0 Å². The molecule has 1 saturated heterocycles. The zero-order valence-electron chi connectivity index (χ0n) is 12.2. The Bertz CT molecular complexity index is 479. The van der Waals surface area contributed by atoms with Crippen molar-refractivity contribution in [2.45, 2.75) is 32.4 Å². The molecule has 2 amide bonds. The van der Waals surface area contributed by atoms with E-state index in [-0.39, 0.29) is 17.6 Å². The first-order valence-corrected chi connectivity index (χ1v) is 6.66. The van der Waals surface area contributed by atoms with Crippen LogP contribution in [0.1, 0.15) is 31.0 Å². The van der Waals surface area contributed by atoms with E-state index in [1.807, 2.05) is 42.8 Å². The average molecular weight is 261 g/mol. The molecule has 1 aliphatic heterocycles. The molecule has 104 valence electrons. The van der Waals surface area contributed by atoms with Gasteiger partial charge in [0.1, 0.15) is 0 Å². The number of amides is 2. The van der Waals surface area contributed by atoms with Gasteiger partial charge in [-0.25, -0.2) is 4.79 Å². The van der Waals surface area contributed by atoms with Crippen LogP contribution in [0.4, 0.5) is 4.79 Å². The summed E-state index contributed by atoms with van der Waals surface area (Å²) in [6.45, 7) is 7.27.